The second kappa shape index (κ2) is 23.6. The van der Waals surface area contributed by atoms with E-state index in [2.05, 4.69) is 39.3 Å². The molecule has 0 unspecified atom stereocenters. The molecule has 0 aromatic carbocycles. The molecule has 0 bridgehead atoms. The quantitative estimate of drug-likeness (QED) is 0.179. The SMILES string of the molecule is [Cl][Pt+].[Cl][Pt]([Cl])([Cl])[Cl].[K][K].c1ccc(-c2ccc(-c3ccccn3)[n-]2)nc1.c1ccc(-c2ccc(-c3ccccn3)[nH]2)nc1. The monoisotopic (exact) mass is 1080 g/mol. The molecule has 43 heavy (non-hydrogen) atoms. The minimum Gasteiger partial charge on any atom is -0.654 e. The summed E-state index contributed by atoms with van der Waals surface area (Å²) >= 11 is 1.06. The van der Waals surface area contributed by atoms with Gasteiger partial charge < -0.3 is 9.97 Å². The molecular formula is C28H21Cl5K2N6Pt2. The summed E-state index contributed by atoms with van der Waals surface area (Å²) in [5, 5.41) is 0. The Balaban J connectivity index is 0.000000237. The maximum absolute atomic E-state index is 5.01. The van der Waals surface area contributed by atoms with Gasteiger partial charge in [-0.25, -0.2) is 0 Å². The van der Waals surface area contributed by atoms with E-state index < -0.39 is 11.9 Å². The van der Waals surface area contributed by atoms with E-state index in [-0.39, 0.29) is 0 Å². The molecule has 1 N–H and O–H groups in total. The third kappa shape index (κ3) is 16.3. The summed E-state index contributed by atoms with van der Waals surface area (Å²) in [5.74, 6) is 0. The number of H-pyrrole nitrogens is 1. The van der Waals surface area contributed by atoms with Crippen molar-refractivity contribution < 1.29 is 30.7 Å². The van der Waals surface area contributed by atoms with E-state index >= 15 is 0 Å². The fourth-order valence-corrected chi connectivity index (χ4v) is 3.41. The Hall–Kier alpha value is 1.26. The molecule has 0 fully saturated rings. The molecule has 0 aliphatic carbocycles. The van der Waals surface area contributed by atoms with Gasteiger partial charge in [0, 0.05) is 36.2 Å². The van der Waals surface area contributed by atoms with Gasteiger partial charge in [0.05, 0.1) is 22.8 Å². The van der Waals surface area contributed by atoms with E-state index in [4.69, 9.17) is 37.7 Å². The van der Waals surface area contributed by atoms with Gasteiger partial charge in [0.1, 0.15) is 0 Å². The Bertz CT molecular complexity index is 1330. The number of pyridine rings is 4. The molecule has 0 aliphatic heterocycles. The standard InChI is InChI=1S/C14H11N3.C14H10N3.5ClH.2K.2Pt/c2*1-3-9-15-11(5-1)13-7-8-14(17-13)12-6-2-4-10-16-12;;;;;;;;;/h1-10,17H;1-10H;5*1H;;;;/q;-1;;;;;;;;+2;+4/p-5. The smallest absolute Gasteiger partial charge is 0.0864 e. The van der Waals surface area contributed by atoms with Crippen molar-refractivity contribution >= 4 is 110 Å². The largest absolute Gasteiger partial charge is 0.654 e. The van der Waals surface area contributed by atoms with Gasteiger partial charge in [-0.15, -0.1) is 11.4 Å². The van der Waals surface area contributed by atoms with Gasteiger partial charge in [0.15, 0.2) is 0 Å². The molecular weight excluding hydrogens is 1070 g/mol. The van der Waals surface area contributed by atoms with Crippen molar-refractivity contribution in [3.05, 3.63) is 122 Å². The Kier molecular flexibility index (Phi) is 22.2. The van der Waals surface area contributed by atoms with Crippen LogP contribution >= 0.6 is 47.1 Å². The summed E-state index contributed by atoms with van der Waals surface area (Å²) in [4.78, 5) is 25.0. The van der Waals surface area contributed by atoms with E-state index in [0.29, 0.717) is 0 Å². The van der Waals surface area contributed by atoms with Gasteiger partial charge in [0.2, 0.25) is 0 Å². The molecule has 0 amide bonds. The average molecular weight is 1090 g/mol. The van der Waals surface area contributed by atoms with Gasteiger partial charge in [-0.3, -0.25) is 19.9 Å². The first-order chi connectivity index (χ1) is 20.9. The van der Waals surface area contributed by atoms with Crippen LogP contribution in [0.5, 0.6) is 0 Å². The van der Waals surface area contributed by atoms with Crippen molar-refractivity contribution in [3.8, 4) is 45.6 Å². The molecule has 6 aromatic heterocycles. The first-order valence-corrected chi connectivity index (χ1v) is 42.5. The number of nitrogens with one attached hydrogen (secondary N) is 1. The van der Waals surface area contributed by atoms with Crippen LogP contribution in [0.15, 0.2) is 122 Å². The molecule has 15 heteroatoms. The van der Waals surface area contributed by atoms with Gasteiger partial charge in [-0.1, -0.05) is 36.4 Å². The van der Waals surface area contributed by atoms with E-state index in [1.54, 1.807) is 43.6 Å². The third-order valence-electron chi connectivity index (χ3n) is 5.06. The van der Waals surface area contributed by atoms with Crippen molar-refractivity contribution in [3.63, 3.8) is 0 Å². The Morgan fingerprint density at radius 1 is 0.512 bits per heavy atom. The minimum absolute atomic E-state index is 0.881. The zero-order valence-electron chi connectivity index (χ0n) is 22.8. The van der Waals surface area contributed by atoms with Crippen molar-refractivity contribution in [1.82, 2.24) is 29.9 Å². The van der Waals surface area contributed by atoms with E-state index in [9.17, 15) is 0 Å². The molecule has 0 aliphatic rings. The van der Waals surface area contributed by atoms with Crippen LogP contribution in [-0.4, -0.2) is 88.1 Å². The number of aromatic amines is 1. The molecule has 220 valence electrons. The summed E-state index contributed by atoms with van der Waals surface area (Å²) in [6, 6.07) is 31.3. The van der Waals surface area contributed by atoms with Crippen LogP contribution in [0, 0.1) is 0 Å². The second-order valence-electron chi connectivity index (χ2n) is 7.63. The maximum atomic E-state index is 5.01. The molecule has 6 aromatic rings. The number of halogens is 5. The summed E-state index contributed by atoms with van der Waals surface area (Å²) in [6.07, 6.45) is 7.11. The van der Waals surface area contributed by atoms with Crippen molar-refractivity contribution in [1.29, 1.82) is 0 Å². The topological polar surface area (TPSA) is 81.5 Å². The molecule has 6 nitrogen and oxygen atoms in total. The number of hydrogen-bond acceptors (Lipinski definition) is 4. The van der Waals surface area contributed by atoms with E-state index in [1.165, 1.54) is 63.2 Å². The molecule has 0 atom stereocenters. The second-order valence-corrected chi connectivity index (χ2v) is 27.3. The molecule has 0 saturated heterocycles. The zero-order chi connectivity index (χ0) is 31.5. The maximum Gasteiger partial charge on any atom is 0.0864 e. The zero-order valence-corrected chi connectivity index (χ0v) is 37.4. The predicted molar refractivity (Wildman–Crippen MR) is 174 cm³/mol. The molecule has 6 rings (SSSR count). The Morgan fingerprint density at radius 3 is 1.09 bits per heavy atom. The van der Waals surface area contributed by atoms with Gasteiger partial charge in [-0.2, -0.15) is 0 Å². The Labute approximate surface area is 330 Å². The van der Waals surface area contributed by atoms with Crippen LogP contribution in [-0.2, 0) is 30.7 Å². The van der Waals surface area contributed by atoms with Crippen LogP contribution in [0.4, 0.5) is 0 Å². The van der Waals surface area contributed by atoms with Crippen molar-refractivity contribution in [2.24, 2.45) is 0 Å². The fourth-order valence-electron chi connectivity index (χ4n) is 3.41. The normalized spacial score (nSPS) is 10.3. The van der Waals surface area contributed by atoms with E-state index in [1.807, 2.05) is 97.1 Å². The third-order valence-corrected chi connectivity index (χ3v) is 5.06. The van der Waals surface area contributed by atoms with E-state index in [0.717, 1.165) is 45.6 Å². The first-order valence-electron chi connectivity index (χ1n) is 12.4. The fraction of sp³-hybridized carbons (Fsp3) is 0. The summed E-state index contributed by atoms with van der Waals surface area (Å²) in [6.45, 7) is 0. The van der Waals surface area contributed by atoms with Crippen molar-refractivity contribution in [2.75, 3.05) is 0 Å². The van der Waals surface area contributed by atoms with Crippen LogP contribution < -0.4 is 4.98 Å². The number of nitrogens with zero attached hydrogens (tertiary/aromatic N) is 5. The van der Waals surface area contributed by atoms with Gasteiger partial charge in [-0.05, 0) is 60.7 Å². The molecule has 6 heterocycles. The molecule has 0 spiro atoms. The molecule has 0 saturated carbocycles. The molecule has 0 radical (unpaired) electrons. The number of rotatable bonds is 4. The van der Waals surface area contributed by atoms with Crippen LogP contribution in [0.3, 0.4) is 0 Å². The Morgan fingerprint density at radius 2 is 0.814 bits per heavy atom. The number of hydrogen-bond donors (Lipinski definition) is 1. The van der Waals surface area contributed by atoms with Crippen molar-refractivity contribution in [2.45, 2.75) is 0 Å². The van der Waals surface area contributed by atoms with Crippen LogP contribution in [0.25, 0.3) is 45.6 Å². The predicted octanol–water partition coefficient (Wildman–Crippen LogP) is 8.59. The number of aromatic nitrogens is 6. The van der Waals surface area contributed by atoms with Crippen LogP contribution in [0.1, 0.15) is 0 Å². The van der Waals surface area contributed by atoms with Gasteiger partial charge >= 0.3 is 141 Å². The minimum atomic E-state index is -3.06. The summed E-state index contributed by atoms with van der Waals surface area (Å²) in [5.41, 5.74) is 7.42. The summed E-state index contributed by atoms with van der Waals surface area (Å²) < 4.78 is 0. The van der Waals surface area contributed by atoms with Crippen LogP contribution in [0.2, 0.25) is 0 Å². The summed E-state index contributed by atoms with van der Waals surface area (Å²) in [7, 11) is 24.6. The first kappa shape index (κ1) is 40.4. The average Bonchev–Trinajstić information content (AvgIpc) is 3.76. The van der Waals surface area contributed by atoms with Gasteiger partial charge in [0.25, 0.3) is 0 Å².